The van der Waals surface area contributed by atoms with E-state index in [0.717, 1.165) is 35.2 Å². The summed E-state index contributed by atoms with van der Waals surface area (Å²) in [7, 11) is 0. The molecule has 2 aromatic carbocycles. The van der Waals surface area contributed by atoms with Crippen molar-refractivity contribution in [2.45, 2.75) is 24.2 Å². The van der Waals surface area contributed by atoms with Gasteiger partial charge in [-0.2, -0.15) is 5.10 Å². The number of nitrogens with zero attached hydrogens (tertiary/aromatic N) is 2. The lowest BCUT2D eigenvalue weighted by Crippen LogP contribution is -2.07. The van der Waals surface area contributed by atoms with Crippen LogP contribution in [0, 0.1) is 0 Å². The molecule has 1 aliphatic rings. The van der Waals surface area contributed by atoms with E-state index in [-0.39, 0.29) is 0 Å². The lowest BCUT2D eigenvalue weighted by atomic mass is 10.0. The SMILES string of the molecule is CSc1ccccc1-c1nn(-c2ccc(Cl)cc2)c2c1CCCCN2. The summed E-state index contributed by atoms with van der Waals surface area (Å²) in [5.41, 5.74) is 4.64. The van der Waals surface area contributed by atoms with Crippen molar-refractivity contribution in [3.63, 3.8) is 0 Å². The quantitative estimate of drug-likeness (QED) is 0.604. The van der Waals surface area contributed by atoms with Crippen LogP contribution in [0.25, 0.3) is 16.9 Å². The van der Waals surface area contributed by atoms with E-state index >= 15 is 0 Å². The first-order chi connectivity index (χ1) is 12.3. The maximum Gasteiger partial charge on any atom is 0.133 e. The predicted molar refractivity (Wildman–Crippen MR) is 107 cm³/mol. The van der Waals surface area contributed by atoms with Gasteiger partial charge in [0.2, 0.25) is 0 Å². The molecule has 128 valence electrons. The van der Waals surface area contributed by atoms with Gasteiger partial charge in [-0.1, -0.05) is 29.8 Å². The van der Waals surface area contributed by atoms with Gasteiger partial charge in [0.05, 0.1) is 11.4 Å². The van der Waals surface area contributed by atoms with Crippen molar-refractivity contribution < 1.29 is 0 Å². The molecule has 0 atom stereocenters. The van der Waals surface area contributed by atoms with Crippen molar-refractivity contribution in [3.8, 4) is 16.9 Å². The maximum absolute atomic E-state index is 6.06. The molecule has 3 nitrogen and oxygen atoms in total. The maximum atomic E-state index is 6.06. The van der Waals surface area contributed by atoms with E-state index in [0.29, 0.717) is 0 Å². The molecule has 0 spiro atoms. The third-order valence-corrected chi connectivity index (χ3v) is 5.61. The molecule has 1 aromatic heterocycles. The van der Waals surface area contributed by atoms with Crippen LogP contribution in [-0.4, -0.2) is 22.6 Å². The Morgan fingerprint density at radius 3 is 2.68 bits per heavy atom. The fraction of sp³-hybridized carbons (Fsp3) is 0.250. The molecule has 0 fully saturated rings. The van der Waals surface area contributed by atoms with Crippen molar-refractivity contribution in [2.24, 2.45) is 0 Å². The standard InChI is InChI=1S/C20H20ClN3S/c1-25-18-8-3-2-6-16(18)19-17-7-4-5-13-22-20(17)24(23-19)15-11-9-14(21)10-12-15/h2-3,6,8-12,22H,4-5,7,13H2,1H3. The van der Waals surface area contributed by atoms with E-state index in [4.69, 9.17) is 16.7 Å². The molecule has 5 heteroatoms. The number of halogens is 1. The molecule has 4 rings (SSSR count). The average Bonchev–Trinajstić information content (AvgIpc) is 2.83. The summed E-state index contributed by atoms with van der Waals surface area (Å²) in [6.45, 7) is 0.982. The third kappa shape index (κ3) is 3.16. The largest absolute Gasteiger partial charge is 0.370 e. The van der Waals surface area contributed by atoms with E-state index < -0.39 is 0 Å². The Hall–Kier alpha value is -1.91. The summed E-state index contributed by atoms with van der Waals surface area (Å²) in [6.07, 6.45) is 5.53. The number of thioether (sulfide) groups is 1. The molecule has 25 heavy (non-hydrogen) atoms. The second-order valence-electron chi connectivity index (χ2n) is 6.15. The first kappa shape index (κ1) is 16.6. The number of anilines is 1. The van der Waals surface area contributed by atoms with Gasteiger partial charge in [-0.05, 0) is 55.9 Å². The van der Waals surface area contributed by atoms with Crippen molar-refractivity contribution in [2.75, 3.05) is 18.1 Å². The van der Waals surface area contributed by atoms with Crippen LogP contribution in [0.15, 0.2) is 53.4 Å². The van der Waals surface area contributed by atoms with Gasteiger partial charge in [0.15, 0.2) is 0 Å². The van der Waals surface area contributed by atoms with Crippen molar-refractivity contribution in [3.05, 3.63) is 59.1 Å². The fourth-order valence-electron chi connectivity index (χ4n) is 3.33. The summed E-state index contributed by atoms with van der Waals surface area (Å²) in [4.78, 5) is 1.26. The molecule has 2 heterocycles. The topological polar surface area (TPSA) is 29.9 Å². The van der Waals surface area contributed by atoms with Crippen LogP contribution in [0.2, 0.25) is 5.02 Å². The monoisotopic (exact) mass is 369 g/mol. The number of fused-ring (bicyclic) bond motifs is 1. The van der Waals surface area contributed by atoms with Crippen LogP contribution in [0.5, 0.6) is 0 Å². The normalized spacial score (nSPS) is 13.8. The number of rotatable bonds is 3. The van der Waals surface area contributed by atoms with Gasteiger partial charge < -0.3 is 5.32 Å². The molecule has 0 saturated carbocycles. The number of nitrogens with one attached hydrogen (secondary N) is 1. The number of aromatic nitrogens is 2. The van der Waals surface area contributed by atoms with E-state index in [1.54, 1.807) is 11.8 Å². The Balaban J connectivity index is 1.92. The fourth-order valence-corrected chi connectivity index (χ4v) is 4.05. The summed E-state index contributed by atoms with van der Waals surface area (Å²) in [5.74, 6) is 1.12. The van der Waals surface area contributed by atoms with Gasteiger partial charge in [-0.3, -0.25) is 0 Å². The Labute approximate surface area is 157 Å². The molecule has 0 bridgehead atoms. The van der Waals surface area contributed by atoms with Crippen molar-refractivity contribution >= 4 is 29.2 Å². The first-order valence-electron chi connectivity index (χ1n) is 8.53. The third-order valence-electron chi connectivity index (χ3n) is 4.56. The van der Waals surface area contributed by atoms with Gasteiger partial charge in [0.25, 0.3) is 0 Å². The van der Waals surface area contributed by atoms with Gasteiger partial charge in [-0.25, -0.2) is 4.68 Å². The summed E-state index contributed by atoms with van der Waals surface area (Å²) < 4.78 is 2.03. The lowest BCUT2D eigenvalue weighted by molar-refractivity contribution is 0.779. The Kier molecular flexibility index (Phi) is 4.73. The highest BCUT2D eigenvalue weighted by atomic mass is 35.5. The molecule has 0 aliphatic carbocycles. The Morgan fingerprint density at radius 2 is 1.88 bits per heavy atom. The predicted octanol–water partition coefficient (Wildman–Crippen LogP) is 5.66. The number of hydrogen-bond donors (Lipinski definition) is 1. The molecule has 0 amide bonds. The molecular formula is C20H20ClN3S. The van der Waals surface area contributed by atoms with E-state index in [1.165, 1.54) is 28.9 Å². The lowest BCUT2D eigenvalue weighted by Gasteiger charge is -2.09. The minimum Gasteiger partial charge on any atom is -0.370 e. The number of benzene rings is 2. The molecule has 0 saturated heterocycles. The van der Waals surface area contributed by atoms with Gasteiger partial charge in [0, 0.05) is 27.6 Å². The van der Waals surface area contributed by atoms with Crippen LogP contribution in [0.3, 0.4) is 0 Å². The molecule has 1 aliphatic heterocycles. The minimum absolute atomic E-state index is 0.739. The van der Waals surface area contributed by atoms with Crippen LogP contribution in [0.4, 0.5) is 5.82 Å². The molecule has 1 N–H and O–H groups in total. The highest BCUT2D eigenvalue weighted by Gasteiger charge is 2.22. The zero-order chi connectivity index (χ0) is 17.2. The summed E-state index contributed by atoms with van der Waals surface area (Å²) in [5, 5.41) is 9.34. The van der Waals surface area contributed by atoms with Crippen molar-refractivity contribution in [1.29, 1.82) is 0 Å². The average molecular weight is 370 g/mol. The molecule has 3 aromatic rings. The summed E-state index contributed by atoms with van der Waals surface area (Å²) >= 11 is 7.83. The Morgan fingerprint density at radius 1 is 1.08 bits per heavy atom. The van der Waals surface area contributed by atoms with Crippen molar-refractivity contribution in [1.82, 2.24) is 9.78 Å². The minimum atomic E-state index is 0.739. The van der Waals surface area contributed by atoms with E-state index in [9.17, 15) is 0 Å². The van der Waals surface area contributed by atoms with Crippen LogP contribution >= 0.6 is 23.4 Å². The summed E-state index contributed by atoms with van der Waals surface area (Å²) in [6, 6.07) is 16.4. The first-order valence-corrected chi connectivity index (χ1v) is 10.1. The molecular weight excluding hydrogens is 350 g/mol. The van der Waals surface area contributed by atoms with E-state index in [2.05, 4.69) is 35.8 Å². The zero-order valence-corrected chi connectivity index (χ0v) is 15.7. The van der Waals surface area contributed by atoms with E-state index in [1.807, 2.05) is 28.9 Å². The van der Waals surface area contributed by atoms with Crippen LogP contribution < -0.4 is 5.32 Å². The van der Waals surface area contributed by atoms with Gasteiger partial charge >= 0.3 is 0 Å². The highest BCUT2D eigenvalue weighted by molar-refractivity contribution is 7.98. The Bertz CT molecular complexity index is 886. The number of hydrogen-bond acceptors (Lipinski definition) is 3. The van der Waals surface area contributed by atoms with Crippen LogP contribution in [-0.2, 0) is 6.42 Å². The molecule has 0 radical (unpaired) electrons. The second kappa shape index (κ2) is 7.14. The van der Waals surface area contributed by atoms with Crippen LogP contribution in [0.1, 0.15) is 18.4 Å². The molecule has 0 unspecified atom stereocenters. The highest BCUT2D eigenvalue weighted by Crippen LogP contribution is 2.37. The van der Waals surface area contributed by atoms with Gasteiger partial charge in [0.1, 0.15) is 5.82 Å². The smallest absolute Gasteiger partial charge is 0.133 e. The second-order valence-corrected chi connectivity index (χ2v) is 7.43. The zero-order valence-electron chi connectivity index (χ0n) is 14.1. The van der Waals surface area contributed by atoms with Gasteiger partial charge in [-0.15, -0.1) is 11.8 Å².